The molecule has 0 unspecified atom stereocenters. The third-order valence-corrected chi connectivity index (χ3v) is 6.16. The summed E-state index contributed by atoms with van der Waals surface area (Å²) in [6.07, 6.45) is 0.505. The van der Waals surface area contributed by atoms with E-state index in [-0.39, 0.29) is 18.3 Å². The molecule has 0 radical (unpaired) electrons. The Morgan fingerprint density at radius 1 is 0.970 bits per heavy atom. The molecule has 0 spiro atoms. The van der Waals surface area contributed by atoms with Crippen molar-refractivity contribution in [2.24, 2.45) is 0 Å². The predicted octanol–water partition coefficient (Wildman–Crippen LogP) is 5.53. The molecule has 0 saturated carbocycles. The lowest BCUT2D eigenvalue weighted by molar-refractivity contribution is -0.115. The molecule has 168 valence electrons. The normalized spacial score (nSPS) is 10.8. The fourth-order valence-corrected chi connectivity index (χ4v) is 4.10. The van der Waals surface area contributed by atoms with Gasteiger partial charge in [-0.2, -0.15) is 4.37 Å². The summed E-state index contributed by atoms with van der Waals surface area (Å²) in [7, 11) is 0. The average Bonchev–Trinajstić information content (AvgIpc) is 3.27. The summed E-state index contributed by atoms with van der Waals surface area (Å²) in [6, 6.07) is 22.2. The Kier molecular flexibility index (Phi) is 7.10. The fourth-order valence-electron chi connectivity index (χ4n) is 3.42. The molecule has 0 atom stereocenters. The van der Waals surface area contributed by atoms with Crippen molar-refractivity contribution in [2.75, 3.05) is 16.8 Å². The first-order valence-corrected chi connectivity index (χ1v) is 11.5. The van der Waals surface area contributed by atoms with Crippen LogP contribution in [0.15, 0.2) is 72.8 Å². The number of amides is 1. The summed E-state index contributed by atoms with van der Waals surface area (Å²) in [6.45, 7) is 4.75. The van der Waals surface area contributed by atoms with Gasteiger partial charge in [0.1, 0.15) is 11.6 Å². The SMILES string of the molecule is Cc1ccc(NC(=O)CN(Cc2ccccc2)c2nc(Cc3ccc(F)cc3)ns2)cc1C. The second-order valence-electron chi connectivity index (χ2n) is 7.99. The van der Waals surface area contributed by atoms with Gasteiger partial charge in [0.2, 0.25) is 11.0 Å². The van der Waals surface area contributed by atoms with Crippen LogP contribution in [0.1, 0.15) is 28.1 Å². The molecular weight excluding hydrogens is 435 g/mol. The van der Waals surface area contributed by atoms with Gasteiger partial charge in [-0.1, -0.05) is 48.5 Å². The Morgan fingerprint density at radius 2 is 1.73 bits per heavy atom. The van der Waals surface area contributed by atoms with Crippen LogP contribution < -0.4 is 10.2 Å². The summed E-state index contributed by atoms with van der Waals surface area (Å²) < 4.78 is 17.7. The second-order valence-corrected chi connectivity index (χ2v) is 8.72. The first-order valence-electron chi connectivity index (χ1n) is 10.7. The highest BCUT2D eigenvalue weighted by Crippen LogP contribution is 2.22. The molecule has 0 saturated heterocycles. The number of anilines is 2. The van der Waals surface area contributed by atoms with Crippen molar-refractivity contribution < 1.29 is 9.18 Å². The highest BCUT2D eigenvalue weighted by atomic mass is 32.1. The first-order chi connectivity index (χ1) is 16.0. The Morgan fingerprint density at radius 3 is 2.45 bits per heavy atom. The fraction of sp³-hybridized carbons (Fsp3) is 0.192. The number of benzene rings is 3. The third kappa shape index (κ3) is 6.23. The zero-order valence-electron chi connectivity index (χ0n) is 18.6. The number of carbonyl (C=O) groups is 1. The lowest BCUT2D eigenvalue weighted by Crippen LogP contribution is -2.33. The van der Waals surface area contributed by atoms with E-state index in [9.17, 15) is 9.18 Å². The standard InChI is InChI=1S/C26H25FN4OS/c1-18-8-13-23(14-19(18)2)28-25(32)17-31(16-21-6-4-3-5-7-21)26-29-24(30-33-26)15-20-9-11-22(27)12-10-20/h3-14H,15-17H2,1-2H3,(H,28,32). The molecule has 0 aliphatic carbocycles. The van der Waals surface area contributed by atoms with Crippen molar-refractivity contribution in [1.29, 1.82) is 0 Å². The van der Waals surface area contributed by atoms with Crippen molar-refractivity contribution >= 4 is 28.3 Å². The van der Waals surface area contributed by atoms with E-state index in [1.54, 1.807) is 12.1 Å². The number of hydrogen-bond donors (Lipinski definition) is 1. The van der Waals surface area contributed by atoms with Gasteiger partial charge in [0.25, 0.3) is 0 Å². The number of nitrogens with one attached hydrogen (secondary N) is 1. The molecule has 0 fully saturated rings. The number of aromatic nitrogens is 2. The molecule has 0 aliphatic rings. The Labute approximate surface area is 197 Å². The van der Waals surface area contributed by atoms with Gasteiger partial charge in [0.05, 0.1) is 6.54 Å². The Balaban J connectivity index is 1.50. The molecule has 1 heterocycles. The average molecular weight is 461 g/mol. The topological polar surface area (TPSA) is 58.1 Å². The van der Waals surface area contributed by atoms with Crippen molar-refractivity contribution in [3.8, 4) is 0 Å². The van der Waals surface area contributed by atoms with E-state index < -0.39 is 0 Å². The lowest BCUT2D eigenvalue weighted by Gasteiger charge is -2.21. The van der Waals surface area contributed by atoms with Crippen LogP contribution >= 0.6 is 11.5 Å². The highest BCUT2D eigenvalue weighted by molar-refractivity contribution is 7.09. The smallest absolute Gasteiger partial charge is 0.243 e. The molecule has 5 nitrogen and oxygen atoms in total. The summed E-state index contributed by atoms with van der Waals surface area (Å²) in [5, 5.41) is 3.66. The maximum atomic E-state index is 13.2. The molecule has 0 aliphatic heterocycles. The number of hydrogen-bond acceptors (Lipinski definition) is 5. The zero-order valence-corrected chi connectivity index (χ0v) is 19.4. The maximum Gasteiger partial charge on any atom is 0.243 e. The van der Waals surface area contributed by atoms with Gasteiger partial charge in [0, 0.05) is 30.2 Å². The van der Waals surface area contributed by atoms with Crippen molar-refractivity contribution in [2.45, 2.75) is 26.8 Å². The van der Waals surface area contributed by atoms with Gasteiger partial charge in [-0.3, -0.25) is 4.79 Å². The van der Waals surface area contributed by atoms with E-state index in [2.05, 4.69) is 14.7 Å². The second kappa shape index (κ2) is 10.4. The van der Waals surface area contributed by atoms with Crippen LogP contribution in [0.4, 0.5) is 15.2 Å². The van der Waals surface area contributed by atoms with E-state index in [0.29, 0.717) is 23.9 Å². The summed E-state index contributed by atoms with van der Waals surface area (Å²) in [5.41, 5.74) is 5.09. The number of carbonyl (C=O) groups excluding carboxylic acids is 1. The van der Waals surface area contributed by atoms with Crippen LogP contribution in [0.3, 0.4) is 0 Å². The van der Waals surface area contributed by atoms with Gasteiger partial charge < -0.3 is 10.2 Å². The number of aryl methyl sites for hydroxylation is 2. The summed E-state index contributed by atoms with van der Waals surface area (Å²) >= 11 is 1.26. The minimum absolute atomic E-state index is 0.121. The van der Waals surface area contributed by atoms with Gasteiger partial charge in [-0.25, -0.2) is 9.37 Å². The Bertz CT molecular complexity index is 1220. The molecule has 1 aromatic heterocycles. The Hall–Kier alpha value is -3.58. The van der Waals surface area contributed by atoms with E-state index in [1.165, 1.54) is 29.2 Å². The van der Waals surface area contributed by atoms with Crippen LogP contribution in [0.25, 0.3) is 0 Å². The van der Waals surface area contributed by atoms with Gasteiger partial charge >= 0.3 is 0 Å². The minimum Gasteiger partial charge on any atom is -0.333 e. The number of nitrogens with zero attached hydrogens (tertiary/aromatic N) is 3. The molecular formula is C26H25FN4OS. The molecule has 1 N–H and O–H groups in total. The molecule has 33 heavy (non-hydrogen) atoms. The lowest BCUT2D eigenvalue weighted by atomic mass is 10.1. The van der Waals surface area contributed by atoms with E-state index in [1.807, 2.05) is 67.3 Å². The molecule has 1 amide bonds. The van der Waals surface area contributed by atoms with Crippen LogP contribution in [0, 0.1) is 19.7 Å². The van der Waals surface area contributed by atoms with E-state index >= 15 is 0 Å². The van der Waals surface area contributed by atoms with Crippen molar-refractivity contribution in [3.05, 3.63) is 107 Å². The number of halogens is 1. The first kappa shape index (κ1) is 22.6. The highest BCUT2D eigenvalue weighted by Gasteiger charge is 2.17. The van der Waals surface area contributed by atoms with Crippen LogP contribution in [0.2, 0.25) is 0 Å². The molecule has 3 aromatic carbocycles. The minimum atomic E-state index is -0.269. The molecule has 4 rings (SSSR count). The van der Waals surface area contributed by atoms with E-state index in [0.717, 1.165) is 22.4 Å². The zero-order chi connectivity index (χ0) is 23.2. The quantitative estimate of drug-likeness (QED) is 0.376. The van der Waals surface area contributed by atoms with Crippen LogP contribution in [0.5, 0.6) is 0 Å². The van der Waals surface area contributed by atoms with Crippen LogP contribution in [-0.4, -0.2) is 21.8 Å². The summed E-state index contributed by atoms with van der Waals surface area (Å²) in [5.74, 6) is 0.258. The van der Waals surface area contributed by atoms with E-state index in [4.69, 9.17) is 0 Å². The maximum absolute atomic E-state index is 13.2. The summed E-state index contributed by atoms with van der Waals surface area (Å²) in [4.78, 5) is 19.5. The predicted molar refractivity (Wildman–Crippen MR) is 131 cm³/mol. The largest absolute Gasteiger partial charge is 0.333 e. The molecule has 4 aromatic rings. The van der Waals surface area contributed by atoms with Gasteiger partial charge in [-0.15, -0.1) is 0 Å². The van der Waals surface area contributed by atoms with Gasteiger partial charge in [0.15, 0.2) is 0 Å². The number of rotatable bonds is 8. The molecule has 0 bridgehead atoms. The van der Waals surface area contributed by atoms with Crippen molar-refractivity contribution in [3.63, 3.8) is 0 Å². The monoisotopic (exact) mass is 460 g/mol. The van der Waals surface area contributed by atoms with Gasteiger partial charge in [-0.05, 0) is 60.4 Å². The van der Waals surface area contributed by atoms with Crippen LogP contribution in [-0.2, 0) is 17.8 Å². The third-order valence-electron chi connectivity index (χ3n) is 5.34. The van der Waals surface area contributed by atoms with Crippen molar-refractivity contribution in [1.82, 2.24) is 9.36 Å². The molecule has 7 heteroatoms.